The Hall–Kier alpha value is -4.72. The van der Waals surface area contributed by atoms with Crippen molar-refractivity contribution >= 4 is 27.2 Å². The Balaban J connectivity index is 1.27. The summed E-state index contributed by atoms with van der Waals surface area (Å²) in [6.07, 6.45) is 8.40. The van der Waals surface area contributed by atoms with E-state index >= 15 is 0 Å². The zero-order valence-electron chi connectivity index (χ0n) is 23.4. The van der Waals surface area contributed by atoms with Gasteiger partial charge in [-0.05, 0) is 50.3 Å². The van der Waals surface area contributed by atoms with E-state index in [9.17, 15) is 17.6 Å². The van der Waals surface area contributed by atoms with Gasteiger partial charge in [-0.25, -0.2) is 17.8 Å². The predicted octanol–water partition coefficient (Wildman–Crippen LogP) is 3.56. The molecule has 3 N–H and O–H groups in total. The van der Waals surface area contributed by atoms with Crippen molar-refractivity contribution in [3.63, 3.8) is 0 Å². The number of benzene rings is 1. The molecule has 14 heteroatoms. The number of nitrogens with zero attached hydrogens (tertiary/aromatic N) is 7. The number of anilines is 1. The fourth-order valence-corrected chi connectivity index (χ4v) is 7.58. The molecule has 1 amide bonds. The third-order valence-corrected chi connectivity index (χ3v) is 9.71. The van der Waals surface area contributed by atoms with E-state index in [4.69, 9.17) is 10.7 Å². The number of pyridine rings is 1. The van der Waals surface area contributed by atoms with Crippen molar-refractivity contribution in [2.24, 2.45) is 0 Å². The van der Waals surface area contributed by atoms with E-state index in [0.29, 0.717) is 52.1 Å². The summed E-state index contributed by atoms with van der Waals surface area (Å²) in [7, 11) is -3.78. The lowest BCUT2D eigenvalue weighted by atomic mass is 9.87. The number of aryl methyl sites for hydroxylation is 1. The summed E-state index contributed by atoms with van der Waals surface area (Å²) in [5, 5.41) is 12.0. The smallest absolute Gasteiger partial charge is 0.292 e. The molecule has 0 aliphatic carbocycles. The van der Waals surface area contributed by atoms with Crippen LogP contribution >= 0.6 is 0 Å². The monoisotopic (exact) mass is 601 g/mol. The molecule has 2 saturated heterocycles. The number of sulfone groups is 1. The molecular weight excluding hydrogens is 573 g/mol. The van der Waals surface area contributed by atoms with Gasteiger partial charge in [-0.15, -0.1) is 10.2 Å². The molecule has 0 spiro atoms. The number of carbonyl (C=O) groups is 1. The Morgan fingerprint density at radius 1 is 1.09 bits per heavy atom. The summed E-state index contributed by atoms with van der Waals surface area (Å²) in [4.78, 5) is 27.2. The number of hydrogen-bond acceptors (Lipinski definition) is 9. The van der Waals surface area contributed by atoms with Gasteiger partial charge in [0.2, 0.25) is 5.82 Å². The molecule has 43 heavy (non-hydrogen) atoms. The molecule has 1 unspecified atom stereocenters. The first-order valence-electron chi connectivity index (χ1n) is 13.9. The summed E-state index contributed by atoms with van der Waals surface area (Å²) in [5.74, 6) is -0.584. The fraction of sp³-hybridized carbons (Fsp3) is 0.310. The minimum Gasteiger partial charge on any atom is -0.382 e. The van der Waals surface area contributed by atoms with Crippen LogP contribution in [0.25, 0.3) is 28.0 Å². The van der Waals surface area contributed by atoms with E-state index in [1.165, 1.54) is 16.9 Å². The van der Waals surface area contributed by atoms with E-state index in [-0.39, 0.29) is 46.3 Å². The second kappa shape index (κ2) is 9.93. The second-order valence-corrected chi connectivity index (χ2v) is 13.2. The minimum absolute atomic E-state index is 0.0130. The van der Waals surface area contributed by atoms with E-state index in [2.05, 4.69) is 25.3 Å². The van der Waals surface area contributed by atoms with Crippen molar-refractivity contribution in [2.75, 3.05) is 12.0 Å². The molecule has 3 atom stereocenters. The van der Waals surface area contributed by atoms with Gasteiger partial charge in [-0.2, -0.15) is 9.61 Å². The summed E-state index contributed by atoms with van der Waals surface area (Å²) in [6.45, 7) is 1.70. The minimum atomic E-state index is -3.78. The topological polar surface area (TPSA) is 165 Å². The number of nitrogens with two attached hydrogens (primary N) is 1. The van der Waals surface area contributed by atoms with Crippen LogP contribution in [0.5, 0.6) is 0 Å². The first-order valence-corrected chi connectivity index (χ1v) is 15.8. The SMILES string of the molecule is Cc1ccc(-c2ccc(-c3cnn4c(N)c(S(C)(=O)=O)c([C@@H]5CC6CC[C@@H](C5)N6C(=O)c5nnc[nH]5)nc34)cn2)cc1F. The maximum atomic E-state index is 14.1. The third-order valence-electron chi connectivity index (χ3n) is 8.55. The fourth-order valence-electron chi connectivity index (χ4n) is 6.52. The van der Waals surface area contributed by atoms with Crippen molar-refractivity contribution in [1.82, 2.24) is 39.7 Å². The van der Waals surface area contributed by atoms with Crippen LogP contribution in [-0.4, -0.2) is 72.3 Å². The molecule has 5 aromatic rings. The molecular formula is C29H28FN9O3S. The number of fused-ring (bicyclic) bond motifs is 3. The molecule has 220 valence electrons. The number of halogens is 1. The molecule has 2 aliphatic heterocycles. The number of amides is 1. The van der Waals surface area contributed by atoms with Gasteiger partial charge in [0.25, 0.3) is 5.91 Å². The molecule has 2 fully saturated rings. The Morgan fingerprint density at radius 3 is 2.47 bits per heavy atom. The van der Waals surface area contributed by atoms with Crippen molar-refractivity contribution in [1.29, 1.82) is 0 Å². The van der Waals surface area contributed by atoms with Gasteiger partial charge in [0.05, 0.1) is 17.6 Å². The summed E-state index contributed by atoms with van der Waals surface area (Å²) >= 11 is 0. The lowest BCUT2D eigenvalue weighted by Crippen LogP contribution is -2.46. The largest absolute Gasteiger partial charge is 0.382 e. The van der Waals surface area contributed by atoms with Crippen LogP contribution < -0.4 is 5.73 Å². The number of rotatable bonds is 5. The third kappa shape index (κ3) is 4.52. The average Bonchev–Trinajstić information content (AvgIpc) is 3.72. The van der Waals surface area contributed by atoms with Crippen molar-refractivity contribution < 1.29 is 17.6 Å². The van der Waals surface area contributed by atoms with E-state index < -0.39 is 9.84 Å². The molecule has 2 bridgehead atoms. The lowest BCUT2D eigenvalue weighted by molar-refractivity contribution is 0.0556. The number of nitrogen functional groups attached to an aromatic ring is 1. The highest BCUT2D eigenvalue weighted by Gasteiger charge is 2.46. The summed E-state index contributed by atoms with van der Waals surface area (Å²) in [6, 6.07) is 8.41. The van der Waals surface area contributed by atoms with Crippen LogP contribution in [0.15, 0.2) is 53.9 Å². The number of aromatic nitrogens is 7. The Bertz CT molecular complexity index is 1980. The van der Waals surface area contributed by atoms with Gasteiger partial charge in [-0.3, -0.25) is 9.78 Å². The van der Waals surface area contributed by atoms with Crippen LogP contribution in [0, 0.1) is 12.7 Å². The van der Waals surface area contributed by atoms with E-state index in [0.717, 1.165) is 19.1 Å². The molecule has 7 rings (SSSR count). The first kappa shape index (κ1) is 27.1. The highest BCUT2D eigenvalue weighted by Crippen LogP contribution is 2.45. The maximum absolute atomic E-state index is 14.1. The number of H-pyrrole nitrogens is 1. The standard InChI is InChI=1S/C29H28FN9O3S/c1-15-3-4-16(11-22(15)30)23-8-5-17(12-32-23)21-13-35-39-26(31)25(43(2,41)42)24(36-28(21)39)18-9-19-6-7-20(10-18)38(19)29(40)27-33-14-34-37-27/h3-5,8,11-14,18-20H,6-7,9-10,31H2,1-2H3,(H,33,34,37)/t18-,19-,20?/m0/s1. The highest BCUT2D eigenvalue weighted by molar-refractivity contribution is 7.91. The number of aromatic amines is 1. The molecule has 0 saturated carbocycles. The van der Waals surface area contributed by atoms with Gasteiger partial charge in [0.15, 0.2) is 15.5 Å². The Kier molecular flexibility index (Phi) is 6.27. The van der Waals surface area contributed by atoms with Crippen molar-refractivity contribution in [3.8, 4) is 22.4 Å². The molecule has 12 nitrogen and oxygen atoms in total. The quantitative estimate of drug-likeness (QED) is 0.306. The normalized spacial score (nSPS) is 20.2. The predicted molar refractivity (Wildman–Crippen MR) is 155 cm³/mol. The lowest BCUT2D eigenvalue weighted by Gasteiger charge is -2.38. The van der Waals surface area contributed by atoms with Gasteiger partial charge in [0, 0.05) is 47.1 Å². The zero-order valence-corrected chi connectivity index (χ0v) is 24.2. The second-order valence-electron chi connectivity index (χ2n) is 11.3. The molecule has 6 heterocycles. The van der Waals surface area contributed by atoms with Crippen LogP contribution in [0.1, 0.15) is 53.5 Å². The van der Waals surface area contributed by atoms with Gasteiger partial charge >= 0.3 is 0 Å². The molecule has 0 radical (unpaired) electrons. The van der Waals surface area contributed by atoms with Crippen LogP contribution in [0.3, 0.4) is 0 Å². The summed E-state index contributed by atoms with van der Waals surface area (Å²) < 4.78 is 41.6. The zero-order chi connectivity index (χ0) is 30.0. The van der Waals surface area contributed by atoms with Gasteiger partial charge < -0.3 is 15.6 Å². The molecule has 2 aliphatic rings. The van der Waals surface area contributed by atoms with Crippen LogP contribution in [0.4, 0.5) is 10.2 Å². The summed E-state index contributed by atoms with van der Waals surface area (Å²) in [5.41, 5.74) is 10.4. The van der Waals surface area contributed by atoms with Crippen LogP contribution in [-0.2, 0) is 9.84 Å². The number of piperidine rings is 1. The number of carbonyl (C=O) groups excluding carboxylic acids is 1. The number of nitrogens with one attached hydrogen (secondary N) is 1. The van der Waals surface area contributed by atoms with Crippen molar-refractivity contribution in [3.05, 3.63) is 72.0 Å². The average molecular weight is 602 g/mol. The first-order chi connectivity index (χ1) is 20.6. The number of hydrogen-bond donors (Lipinski definition) is 2. The van der Waals surface area contributed by atoms with Gasteiger partial charge in [0.1, 0.15) is 22.9 Å². The maximum Gasteiger partial charge on any atom is 0.292 e. The van der Waals surface area contributed by atoms with E-state index in [1.54, 1.807) is 31.5 Å². The van der Waals surface area contributed by atoms with Crippen LogP contribution in [0.2, 0.25) is 0 Å². The Morgan fingerprint density at radius 2 is 1.84 bits per heavy atom. The van der Waals surface area contributed by atoms with Gasteiger partial charge in [-0.1, -0.05) is 18.2 Å². The van der Waals surface area contributed by atoms with E-state index in [1.807, 2.05) is 17.0 Å². The van der Waals surface area contributed by atoms with Crippen molar-refractivity contribution in [2.45, 2.75) is 55.5 Å². The highest BCUT2D eigenvalue weighted by atomic mass is 32.2. The molecule has 4 aromatic heterocycles. The molecule has 1 aromatic carbocycles. The Labute approximate surface area is 246 Å².